The number of nitrogens with zero attached hydrogens (tertiary/aromatic N) is 3. The van der Waals surface area contributed by atoms with E-state index in [0.717, 1.165) is 14.6 Å². The molecule has 0 aliphatic carbocycles. The summed E-state index contributed by atoms with van der Waals surface area (Å²) in [6.45, 7) is 5.44. The van der Waals surface area contributed by atoms with Crippen LogP contribution in [0.1, 0.15) is 20.8 Å². The van der Waals surface area contributed by atoms with Crippen LogP contribution in [0.2, 0.25) is 0 Å². The van der Waals surface area contributed by atoms with Crippen LogP contribution in [0.3, 0.4) is 0 Å². The number of carbonyl (C=O) groups is 1. The van der Waals surface area contributed by atoms with Gasteiger partial charge in [0.2, 0.25) is 0 Å². The van der Waals surface area contributed by atoms with Crippen molar-refractivity contribution in [2.75, 3.05) is 5.32 Å². The fourth-order valence-corrected chi connectivity index (χ4v) is 2.34. The number of pyridine rings is 1. The Hall–Kier alpha value is -1.38. The summed E-state index contributed by atoms with van der Waals surface area (Å²) in [5.41, 5.74) is 0.385. The highest BCUT2D eigenvalue weighted by molar-refractivity contribution is 14.1. The van der Waals surface area contributed by atoms with E-state index in [4.69, 9.17) is 4.74 Å². The van der Waals surface area contributed by atoms with E-state index in [0.29, 0.717) is 5.82 Å². The van der Waals surface area contributed by atoms with Crippen molar-refractivity contribution >= 4 is 45.4 Å². The fourth-order valence-electron chi connectivity index (χ4n) is 1.59. The second-order valence-electron chi connectivity index (χ2n) is 5.13. The highest BCUT2D eigenvalue weighted by Crippen LogP contribution is 2.21. The van der Waals surface area contributed by atoms with E-state index in [2.05, 4.69) is 38.0 Å². The molecule has 2 heterocycles. The monoisotopic (exact) mass is 374 g/mol. The molecule has 0 saturated carbocycles. The Morgan fingerprint density at radius 3 is 2.79 bits per heavy atom. The maximum absolute atomic E-state index is 11.7. The number of amides is 1. The fraction of sp³-hybridized carbons (Fsp3) is 0.417. The molecular formula is C12H15IN4O2. The quantitative estimate of drug-likeness (QED) is 0.780. The van der Waals surface area contributed by atoms with E-state index in [1.165, 1.54) is 0 Å². The molecule has 0 spiro atoms. The zero-order valence-electron chi connectivity index (χ0n) is 11.2. The van der Waals surface area contributed by atoms with Gasteiger partial charge in [-0.15, -0.1) is 0 Å². The van der Waals surface area contributed by atoms with Gasteiger partial charge in [0.15, 0.2) is 0 Å². The third-order valence-electron chi connectivity index (χ3n) is 2.32. The first-order valence-corrected chi connectivity index (χ1v) is 6.82. The molecule has 6 nitrogen and oxygen atoms in total. The van der Waals surface area contributed by atoms with Crippen molar-refractivity contribution in [2.24, 2.45) is 7.05 Å². The second-order valence-corrected chi connectivity index (χ2v) is 6.15. The summed E-state index contributed by atoms with van der Waals surface area (Å²) in [5.74, 6) is 0.452. The summed E-state index contributed by atoms with van der Waals surface area (Å²) in [6.07, 6.45) is 1.16. The Morgan fingerprint density at radius 2 is 2.16 bits per heavy atom. The largest absolute Gasteiger partial charge is 0.444 e. The van der Waals surface area contributed by atoms with Gasteiger partial charge in [-0.3, -0.25) is 10.00 Å². The number of hydrogen-bond acceptors (Lipinski definition) is 4. The van der Waals surface area contributed by atoms with Crippen LogP contribution in [-0.4, -0.2) is 26.5 Å². The molecule has 0 atom stereocenters. The normalized spacial score (nSPS) is 11.6. The van der Waals surface area contributed by atoms with Gasteiger partial charge < -0.3 is 4.74 Å². The Morgan fingerprint density at radius 1 is 1.47 bits per heavy atom. The third kappa shape index (κ3) is 3.34. The Balaban J connectivity index is 2.22. The number of fused-ring (bicyclic) bond motifs is 1. The number of carbonyl (C=O) groups excluding carboxylic acids is 1. The van der Waals surface area contributed by atoms with Crippen molar-refractivity contribution in [2.45, 2.75) is 26.4 Å². The molecule has 0 bridgehead atoms. The van der Waals surface area contributed by atoms with Crippen molar-refractivity contribution in [3.63, 3.8) is 0 Å². The van der Waals surface area contributed by atoms with Gasteiger partial charge in [0, 0.05) is 12.4 Å². The predicted octanol–water partition coefficient (Wildman–Crippen LogP) is 2.92. The van der Waals surface area contributed by atoms with E-state index in [-0.39, 0.29) is 0 Å². The highest BCUT2D eigenvalue weighted by atomic mass is 127. The van der Waals surface area contributed by atoms with Crippen molar-refractivity contribution in [1.29, 1.82) is 0 Å². The lowest BCUT2D eigenvalue weighted by atomic mass is 10.2. The number of halogens is 1. The van der Waals surface area contributed by atoms with Crippen molar-refractivity contribution in [3.8, 4) is 0 Å². The average Bonchev–Trinajstić information content (AvgIpc) is 2.51. The molecule has 0 unspecified atom stereocenters. The van der Waals surface area contributed by atoms with Gasteiger partial charge in [-0.1, -0.05) is 0 Å². The summed E-state index contributed by atoms with van der Waals surface area (Å²) in [4.78, 5) is 15.8. The topological polar surface area (TPSA) is 69.0 Å². The van der Waals surface area contributed by atoms with Gasteiger partial charge in [-0.2, -0.15) is 5.10 Å². The smallest absolute Gasteiger partial charge is 0.413 e. The number of anilines is 1. The molecule has 1 N–H and O–H groups in total. The van der Waals surface area contributed by atoms with Crippen LogP contribution in [0, 0.1) is 3.70 Å². The summed E-state index contributed by atoms with van der Waals surface area (Å²) in [6, 6.07) is 1.79. The first-order valence-electron chi connectivity index (χ1n) is 5.74. The van der Waals surface area contributed by atoms with Crippen LogP contribution < -0.4 is 5.32 Å². The van der Waals surface area contributed by atoms with Gasteiger partial charge in [-0.05, 0) is 49.4 Å². The number of nitrogens with one attached hydrogen (secondary N) is 1. The molecule has 0 aliphatic heterocycles. The average molecular weight is 374 g/mol. The zero-order chi connectivity index (χ0) is 14.2. The van der Waals surface area contributed by atoms with E-state index >= 15 is 0 Å². The molecule has 7 heteroatoms. The zero-order valence-corrected chi connectivity index (χ0v) is 13.3. The molecule has 2 aromatic rings. The molecule has 102 valence electrons. The van der Waals surface area contributed by atoms with Gasteiger partial charge in [-0.25, -0.2) is 9.78 Å². The van der Waals surface area contributed by atoms with E-state index in [1.807, 2.05) is 27.8 Å². The molecule has 2 aromatic heterocycles. The number of aryl methyl sites for hydroxylation is 1. The maximum atomic E-state index is 11.7. The number of ether oxygens (including phenoxy) is 1. The van der Waals surface area contributed by atoms with Crippen molar-refractivity contribution < 1.29 is 9.53 Å². The number of rotatable bonds is 1. The molecule has 0 saturated heterocycles. The standard InChI is InChI=1S/C12H15IN4O2/c1-12(2,3)19-11(18)15-9-5-7-8(6-14-9)17(4)16-10(7)13/h5-6H,1-4H3,(H,14,15,18). The number of hydrogen-bond donors (Lipinski definition) is 1. The molecular weight excluding hydrogens is 359 g/mol. The minimum absolute atomic E-state index is 0.452. The minimum Gasteiger partial charge on any atom is -0.444 e. The lowest BCUT2D eigenvalue weighted by molar-refractivity contribution is 0.0635. The first kappa shape index (κ1) is 14.0. The Labute approximate surface area is 124 Å². The van der Waals surface area contributed by atoms with Crippen LogP contribution in [0.15, 0.2) is 12.3 Å². The van der Waals surface area contributed by atoms with Crippen molar-refractivity contribution in [1.82, 2.24) is 14.8 Å². The van der Waals surface area contributed by atoms with Gasteiger partial charge in [0.05, 0.1) is 11.7 Å². The highest BCUT2D eigenvalue weighted by Gasteiger charge is 2.17. The second kappa shape index (κ2) is 4.95. The van der Waals surface area contributed by atoms with E-state index in [9.17, 15) is 4.79 Å². The Kier molecular flexibility index (Phi) is 3.66. The summed E-state index contributed by atoms with van der Waals surface area (Å²) < 4.78 is 7.79. The summed E-state index contributed by atoms with van der Waals surface area (Å²) in [5, 5.41) is 7.85. The van der Waals surface area contributed by atoms with Crippen LogP contribution in [0.25, 0.3) is 10.9 Å². The Bertz CT molecular complexity index is 630. The molecule has 0 fully saturated rings. The molecule has 2 rings (SSSR count). The lowest BCUT2D eigenvalue weighted by Crippen LogP contribution is -2.27. The van der Waals surface area contributed by atoms with Gasteiger partial charge in [0.1, 0.15) is 15.1 Å². The van der Waals surface area contributed by atoms with Crippen LogP contribution >= 0.6 is 22.6 Å². The molecule has 0 radical (unpaired) electrons. The van der Waals surface area contributed by atoms with Crippen LogP contribution in [0.5, 0.6) is 0 Å². The molecule has 1 amide bonds. The van der Waals surface area contributed by atoms with E-state index in [1.54, 1.807) is 16.9 Å². The van der Waals surface area contributed by atoms with Gasteiger partial charge >= 0.3 is 6.09 Å². The first-order chi connectivity index (χ1) is 8.76. The van der Waals surface area contributed by atoms with Crippen LogP contribution in [0.4, 0.5) is 10.6 Å². The summed E-state index contributed by atoms with van der Waals surface area (Å²) in [7, 11) is 1.85. The van der Waals surface area contributed by atoms with Crippen LogP contribution in [-0.2, 0) is 11.8 Å². The van der Waals surface area contributed by atoms with E-state index < -0.39 is 11.7 Å². The molecule has 0 aliphatic rings. The number of aromatic nitrogens is 3. The van der Waals surface area contributed by atoms with Gasteiger partial charge in [0.25, 0.3) is 0 Å². The molecule has 0 aromatic carbocycles. The SMILES string of the molecule is Cn1nc(I)c2cc(NC(=O)OC(C)(C)C)ncc21. The lowest BCUT2D eigenvalue weighted by Gasteiger charge is -2.19. The van der Waals surface area contributed by atoms with Crippen molar-refractivity contribution in [3.05, 3.63) is 16.0 Å². The predicted molar refractivity (Wildman–Crippen MR) is 81.1 cm³/mol. The summed E-state index contributed by atoms with van der Waals surface area (Å²) >= 11 is 2.15. The molecule has 19 heavy (non-hydrogen) atoms. The minimum atomic E-state index is -0.531. The third-order valence-corrected chi connectivity index (χ3v) is 3.12. The maximum Gasteiger partial charge on any atom is 0.413 e.